The highest BCUT2D eigenvalue weighted by Gasteiger charge is 2.08. The smallest absolute Gasteiger partial charge is 0.269 e. The van der Waals surface area contributed by atoms with Crippen LogP contribution in [0.4, 0.5) is 20.2 Å². The Morgan fingerprint density at radius 2 is 1.81 bits per heavy atom. The second kappa shape index (κ2) is 6.62. The van der Waals surface area contributed by atoms with Crippen molar-refractivity contribution < 1.29 is 13.7 Å². The van der Waals surface area contributed by atoms with E-state index in [1.54, 1.807) is 12.1 Å². The highest BCUT2D eigenvalue weighted by molar-refractivity contribution is 9.10. The summed E-state index contributed by atoms with van der Waals surface area (Å²) in [7, 11) is 0. The number of nitro benzene ring substituents is 1. The summed E-state index contributed by atoms with van der Waals surface area (Å²) in [4.78, 5) is 10.1. The molecular weight excluding hydrogens is 346 g/mol. The van der Waals surface area contributed by atoms with Crippen LogP contribution in [0, 0.1) is 21.7 Å². The second-order valence-corrected chi connectivity index (χ2v) is 5.20. The molecule has 0 amide bonds. The summed E-state index contributed by atoms with van der Waals surface area (Å²) in [5, 5.41) is 13.3. The van der Waals surface area contributed by atoms with Crippen molar-refractivity contribution in [1.82, 2.24) is 0 Å². The molecule has 0 heterocycles. The van der Waals surface area contributed by atoms with Gasteiger partial charge in [-0.15, -0.1) is 0 Å². The van der Waals surface area contributed by atoms with Gasteiger partial charge < -0.3 is 5.32 Å². The first-order valence-electron chi connectivity index (χ1n) is 6.09. The van der Waals surface area contributed by atoms with Gasteiger partial charge >= 0.3 is 0 Å². The minimum atomic E-state index is -0.549. The maximum atomic E-state index is 13.6. The van der Waals surface area contributed by atoms with E-state index in [4.69, 9.17) is 0 Å². The van der Waals surface area contributed by atoms with Crippen molar-refractivity contribution in [3.63, 3.8) is 0 Å². The number of halogens is 3. The lowest BCUT2D eigenvalue weighted by Crippen LogP contribution is -2.07. The lowest BCUT2D eigenvalue weighted by Gasteiger charge is -2.08. The van der Waals surface area contributed by atoms with Crippen molar-refractivity contribution in [2.45, 2.75) is 6.42 Å². The Bertz CT molecular complexity index is 663. The van der Waals surface area contributed by atoms with E-state index in [0.717, 1.165) is 17.7 Å². The molecule has 7 heteroatoms. The van der Waals surface area contributed by atoms with Crippen LogP contribution < -0.4 is 5.32 Å². The van der Waals surface area contributed by atoms with Gasteiger partial charge in [-0.3, -0.25) is 10.1 Å². The minimum absolute atomic E-state index is 0.0211. The first-order valence-corrected chi connectivity index (χ1v) is 6.88. The largest absolute Gasteiger partial charge is 0.382 e. The fourth-order valence-electron chi connectivity index (χ4n) is 1.78. The van der Waals surface area contributed by atoms with E-state index in [-0.39, 0.29) is 15.8 Å². The van der Waals surface area contributed by atoms with Gasteiger partial charge in [-0.05, 0) is 34.0 Å². The second-order valence-electron chi connectivity index (χ2n) is 4.35. The van der Waals surface area contributed by atoms with Gasteiger partial charge in [-0.25, -0.2) is 8.78 Å². The number of nitrogens with zero attached hydrogens (tertiary/aromatic N) is 1. The van der Waals surface area contributed by atoms with Gasteiger partial charge in [-0.2, -0.15) is 0 Å². The Balaban J connectivity index is 1.95. The molecule has 110 valence electrons. The third-order valence-electron chi connectivity index (χ3n) is 2.89. The molecule has 0 spiro atoms. The monoisotopic (exact) mass is 356 g/mol. The first-order chi connectivity index (χ1) is 9.97. The molecule has 0 aliphatic heterocycles. The fraction of sp³-hybridized carbons (Fsp3) is 0.143. The summed E-state index contributed by atoms with van der Waals surface area (Å²) in [6.07, 6.45) is 0.537. The van der Waals surface area contributed by atoms with E-state index in [1.165, 1.54) is 12.1 Å². The zero-order chi connectivity index (χ0) is 15.4. The van der Waals surface area contributed by atoms with Crippen molar-refractivity contribution in [2.75, 3.05) is 11.9 Å². The molecule has 2 rings (SSSR count). The normalized spacial score (nSPS) is 10.4. The molecule has 4 nitrogen and oxygen atoms in total. The summed E-state index contributed by atoms with van der Waals surface area (Å²) in [6, 6.07) is 8.24. The lowest BCUT2D eigenvalue weighted by atomic mass is 10.1. The van der Waals surface area contributed by atoms with Crippen molar-refractivity contribution in [1.29, 1.82) is 0 Å². The lowest BCUT2D eigenvalue weighted by molar-refractivity contribution is -0.384. The summed E-state index contributed by atoms with van der Waals surface area (Å²) < 4.78 is 26.9. The van der Waals surface area contributed by atoms with E-state index in [9.17, 15) is 18.9 Å². The average Bonchev–Trinajstić information content (AvgIpc) is 2.45. The number of benzene rings is 2. The molecule has 0 radical (unpaired) electrons. The number of non-ortho nitro benzene ring substituents is 1. The van der Waals surface area contributed by atoms with Crippen LogP contribution in [0.5, 0.6) is 0 Å². The molecule has 0 atom stereocenters. The number of anilines is 1. The quantitative estimate of drug-likeness (QED) is 0.493. The van der Waals surface area contributed by atoms with Crippen LogP contribution in [0.1, 0.15) is 5.56 Å². The van der Waals surface area contributed by atoms with Crippen LogP contribution in [-0.4, -0.2) is 11.5 Å². The van der Waals surface area contributed by atoms with Crippen LogP contribution in [-0.2, 0) is 6.42 Å². The summed E-state index contributed by atoms with van der Waals surface area (Å²) in [6.45, 7) is 0.385. The molecule has 0 aliphatic carbocycles. The number of hydrogen-bond donors (Lipinski definition) is 1. The van der Waals surface area contributed by atoms with Gasteiger partial charge in [0.1, 0.15) is 11.6 Å². The van der Waals surface area contributed by atoms with E-state index in [1.807, 2.05) is 0 Å². The molecule has 0 aromatic heterocycles. The molecule has 21 heavy (non-hydrogen) atoms. The third-order valence-corrected chi connectivity index (χ3v) is 3.49. The van der Waals surface area contributed by atoms with E-state index >= 15 is 0 Å². The Morgan fingerprint density at radius 1 is 1.14 bits per heavy atom. The summed E-state index contributed by atoms with van der Waals surface area (Å²) in [5.74, 6) is -1.10. The van der Waals surface area contributed by atoms with Gasteiger partial charge in [0.25, 0.3) is 5.69 Å². The van der Waals surface area contributed by atoms with Crippen LogP contribution in [0.15, 0.2) is 40.9 Å². The molecule has 0 saturated carbocycles. The molecule has 0 aliphatic rings. The molecule has 0 bridgehead atoms. The Labute approximate surface area is 128 Å². The standard InChI is InChI=1S/C14H11BrF2N2O2/c15-11-7-13(17)14(8-12(11)16)18-6-5-9-1-3-10(4-2-9)19(20)21/h1-4,7-8,18H,5-6H2. The maximum absolute atomic E-state index is 13.6. The zero-order valence-corrected chi connectivity index (χ0v) is 12.4. The summed E-state index contributed by atoms with van der Waals surface area (Å²) >= 11 is 2.91. The van der Waals surface area contributed by atoms with Gasteiger partial charge in [0.05, 0.1) is 15.1 Å². The Kier molecular flexibility index (Phi) is 4.85. The van der Waals surface area contributed by atoms with Gasteiger partial charge in [0.15, 0.2) is 0 Å². The Hall–Kier alpha value is -2.02. The number of rotatable bonds is 5. The van der Waals surface area contributed by atoms with Crippen molar-refractivity contribution in [3.05, 3.63) is 68.2 Å². The molecule has 2 aromatic carbocycles. The van der Waals surface area contributed by atoms with Crippen LogP contribution >= 0.6 is 15.9 Å². The minimum Gasteiger partial charge on any atom is -0.382 e. The number of nitro groups is 1. The van der Waals surface area contributed by atoms with Crippen LogP contribution in [0.3, 0.4) is 0 Å². The number of hydrogen-bond acceptors (Lipinski definition) is 3. The van der Waals surface area contributed by atoms with E-state index in [2.05, 4.69) is 21.2 Å². The first kappa shape index (κ1) is 15.4. The molecule has 0 saturated heterocycles. The SMILES string of the molecule is O=[N+]([O-])c1ccc(CCNc2cc(F)c(Br)cc2F)cc1. The van der Waals surface area contributed by atoms with Gasteiger partial charge in [0, 0.05) is 24.7 Å². The highest BCUT2D eigenvalue weighted by Crippen LogP contribution is 2.23. The fourth-order valence-corrected chi connectivity index (χ4v) is 2.10. The zero-order valence-electron chi connectivity index (χ0n) is 10.8. The van der Waals surface area contributed by atoms with Gasteiger partial charge in [0.2, 0.25) is 0 Å². The van der Waals surface area contributed by atoms with Crippen LogP contribution in [0.2, 0.25) is 0 Å². The Morgan fingerprint density at radius 3 is 2.43 bits per heavy atom. The topological polar surface area (TPSA) is 55.2 Å². The highest BCUT2D eigenvalue weighted by atomic mass is 79.9. The van der Waals surface area contributed by atoms with Crippen molar-refractivity contribution >= 4 is 27.3 Å². The van der Waals surface area contributed by atoms with Crippen molar-refractivity contribution in [2.24, 2.45) is 0 Å². The molecule has 2 aromatic rings. The third kappa shape index (κ3) is 3.98. The average molecular weight is 357 g/mol. The summed E-state index contributed by atoms with van der Waals surface area (Å²) in [5.41, 5.74) is 0.969. The molecule has 0 unspecified atom stereocenters. The van der Waals surface area contributed by atoms with Gasteiger partial charge in [-0.1, -0.05) is 12.1 Å². The molecule has 0 fully saturated rings. The predicted octanol–water partition coefficient (Wildman–Crippen LogP) is 4.29. The van der Waals surface area contributed by atoms with Crippen molar-refractivity contribution in [3.8, 4) is 0 Å². The maximum Gasteiger partial charge on any atom is 0.269 e. The van der Waals surface area contributed by atoms with E-state index in [0.29, 0.717) is 13.0 Å². The molecular formula is C14H11BrF2N2O2. The molecule has 1 N–H and O–H groups in total. The predicted molar refractivity (Wildman–Crippen MR) is 79.3 cm³/mol. The van der Waals surface area contributed by atoms with Crippen LogP contribution in [0.25, 0.3) is 0 Å². The number of nitrogens with one attached hydrogen (secondary N) is 1. The van der Waals surface area contributed by atoms with E-state index < -0.39 is 16.6 Å².